The molecule has 0 saturated heterocycles. The van der Waals surface area contributed by atoms with E-state index in [4.69, 9.17) is 5.11 Å². The summed E-state index contributed by atoms with van der Waals surface area (Å²) < 4.78 is 0.772. The quantitative estimate of drug-likeness (QED) is 0.664. The maximum Gasteiger partial charge on any atom is 0.267 e. The Morgan fingerprint density at radius 1 is 1.08 bits per heavy atom. The lowest BCUT2D eigenvalue weighted by Gasteiger charge is -2.11. The average Bonchev–Trinajstić information content (AvgIpc) is 2.60. The van der Waals surface area contributed by atoms with Crippen LogP contribution in [0.5, 0.6) is 0 Å². The number of hydrogen-bond donors (Lipinski definition) is 3. The summed E-state index contributed by atoms with van der Waals surface area (Å²) in [6.45, 7) is -0.0678. The van der Waals surface area contributed by atoms with Crippen LogP contribution >= 0.6 is 15.9 Å². The normalized spacial score (nSPS) is 11.0. The van der Waals surface area contributed by atoms with Crippen LogP contribution in [0, 0.1) is 0 Å². The second-order valence-corrected chi connectivity index (χ2v) is 5.83. The fraction of sp³-hybridized carbons (Fsp3) is 0.111. The minimum atomic E-state index is -0.462. The zero-order chi connectivity index (χ0) is 17.4. The van der Waals surface area contributed by atoms with Crippen molar-refractivity contribution in [2.45, 2.75) is 0 Å². The van der Waals surface area contributed by atoms with E-state index in [-0.39, 0.29) is 18.8 Å². The minimum absolute atomic E-state index is 0.109. The van der Waals surface area contributed by atoms with E-state index in [0.717, 1.165) is 10.0 Å². The van der Waals surface area contributed by atoms with Crippen molar-refractivity contribution in [2.75, 3.05) is 13.2 Å². The van der Waals surface area contributed by atoms with Gasteiger partial charge in [0.1, 0.15) is 5.70 Å². The Kier molecular flexibility index (Phi) is 6.72. The van der Waals surface area contributed by atoms with Crippen molar-refractivity contribution >= 4 is 33.8 Å². The predicted octanol–water partition coefficient (Wildman–Crippen LogP) is 2.33. The number of carbonyl (C=O) groups is 2. The Bertz CT molecular complexity index is 745. The van der Waals surface area contributed by atoms with Gasteiger partial charge in [0.25, 0.3) is 11.8 Å². The standard InChI is InChI=1S/C18H17BrN2O3/c19-15-8-4-7-14(12-15)17(23)21-16(18(24)20-9-10-22)11-13-5-2-1-3-6-13/h1-8,11-12,22H,9-10H2,(H,20,24)(H,21,23)/b16-11-. The van der Waals surface area contributed by atoms with Gasteiger partial charge in [0.2, 0.25) is 0 Å². The predicted molar refractivity (Wildman–Crippen MR) is 96.1 cm³/mol. The van der Waals surface area contributed by atoms with Gasteiger partial charge < -0.3 is 15.7 Å². The zero-order valence-corrected chi connectivity index (χ0v) is 14.4. The summed E-state index contributed by atoms with van der Waals surface area (Å²) in [7, 11) is 0. The monoisotopic (exact) mass is 388 g/mol. The third-order valence-corrected chi connectivity index (χ3v) is 3.58. The Morgan fingerprint density at radius 2 is 1.83 bits per heavy atom. The van der Waals surface area contributed by atoms with Gasteiger partial charge >= 0.3 is 0 Å². The number of aliphatic hydroxyl groups excluding tert-OH is 1. The molecule has 2 rings (SSSR count). The van der Waals surface area contributed by atoms with Crippen LogP contribution in [-0.2, 0) is 4.79 Å². The fourth-order valence-electron chi connectivity index (χ4n) is 1.96. The van der Waals surface area contributed by atoms with E-state index >= 15 is 0 Å². The largest absolute Gasteiger partial charge is 0.395 e. The first-order chi connectivity index (χ1) is 11.6. The zero-order valence-electron chi connectivity index (χ0n) is 12.8. The molecule has 3 N–H and O–H groups in total. The highest BCUT2D eigenvalue weighted by Crippen LogP contribution is 2.12. The number of hydrogen-bond acceptors (Lipinski definition) is 3. The first kappa shape index (κ1) is 17.9. The molecule has 0 aliphatic carbocycles. The molecule has 0 fully saturated rings. The second kappa shape index (κ2) is 9.00. The van der Waals surface area contributed by atoms with E-state index in [1.54, 1.807) is 24.3 Å². The Labute approximate surface area is 148 Å². The van der Waals surface area contributed by atoms with Crippen molar-refractivity contribution in [3.05, 3.63) is 75.9 Å². The summed E-state index contributed by atoms with van der Waals surface area (Å²) in [5.74, 6) is -0.853. The second-order valence-electron chi connectivity index (χ2n) is 4.91. The Morgan fingerprint density at radius 3 is 2.50 bits per heavy atom. The van der Waals surface area contributed by atoms with Crippen molar-refractivity contribution in [1.29, 1.82) is 0 Å². The van der Waals surface area contributed by atoms with E-state index in [9.17, 15) is 9.59 Å². The molecule has 0 saturated carbocycles. The van der Waals surface area contributed by atoms with Gasteiger partial charge in [0.15, 0.2) is 0 Å². The summed E-state index contributed by atoms with van der Waals surface area (Å²) in [6, 6.07) is 16.1. The van der Waals surface area contributed by atoms with Crippen molar-refractivity contribution < 1.29 is 14.7 Å². The molecule has 2 aromatic carbocycles. The van der Waals surface area contributed by atoms with Crippen LogP contribution in [0.4, 0.5) is 0 Å². The molecular weight excluding hydrogens is 372 g/mol. The smallest absolute Gasteiger partial charge is 0.267 e. The third-order valence-electron chi connectivity index (χ3n) is 3.09. The molecule has 6 heteroatoms. The molecule has 0 radical (unpaired) electrons. The number of halogens is 1. The van der Waals surface area contributed by atoms with E-state index in [1.165, 1.54) is 0 Å². The minimum Gasteiger partial charge on any atom is -0.395 e. The van der Waals surface area contributed by atoms with Crippen molar-refractivity contribution in [1.82, 2.24) is 10.6 Å². The van der Waals surface area contributed by atoms with Crippen molar-refractivity contribution in [2.24, 2.45) is 0 Å². The third kappa shape index (κ3) is 5.33. The topological polar surface area (TPSA) is 78.4 Å². The highest BCUT2D eigenvalue weighted by Gasteiger charge is 2.14. The molecule has 0 atom stereocenters. The van der Waals surface area contributed by atoms with Gasteiger partial charge in [-0.25, -0.2) is 0 Å². The Balaban J connectivity index is 2.24. The first-order valence-corrected chi connectivity index (χ1v) is 8.12. The molecule has 0 aliphatic rings. The van der Waals surface area contributed by atoms with E-state index in [1.807, 2.05) is 36.4 Å². The number of rotatable bonds is 6. The number of aliphatic hydroxyl groups is 1. The number of carbonyl (C=O) groups excluding carboxylic acids is 2. The first-order valence-electron chi connectivity index (χ1n) is 7.33. The lowest BCUT2D eigenvalue weighted by molar-refractivity contribution is -0.117. The maximum absolute atomic E-state index is 12.4. The Hall–Kier alpha value is -2.44. The SMILES string of the molecule is O=C(NCCO)/C(=C/c1ccccc1)NC(=O)c1cccc(Br)c1. The number of amides is 2. The summed E-state index contributed by atoms with van der Waals surface area (Å²) in [5, 5.41) is 14.0. The van der Waals surface area contributed by atoms with E-state index < -0.39 is 11.8 Å². The van der Waals surface area contributed by atoms with Gasteiger partial charge in [0.05, 0.1) is 6.61 Å². The van der Waals surface area contributed by atoms with Crippen LogP contribution in [0.25, 0.3) is 6.08 Å². The molecule has 2 aromatic rings. The number of benzene rings is 2. The highest BCUT2D eigenvalue weighted by molar-refractivity contribution is 9.10. The van der Waals surface area contributed by atoms with E-state index in [0.29, 0.717) is 5.56 Å². The molecule has 0 aromatic heterocycles. The lowest BCUT2D eigenvalue weighted by Crippen LogP contribution is -2.36. The van der Waals surface area contributed by atoms with Gasteiger partial charge in [-0.05, 0) is 29.8 Å². The number of nitrogens with one attached hydrogen (secondary N) is 2. The lowest BCUT2D eigenvalue weighted by atomic mass is 10.1. The van der Waals surface area contributed by atoms with Gasteiger partial charge in [-0.2, -0.15) is 0 Å². The summed E-state index contributed by atoms with van der Waals surface area (Å²) in [6.07, 6.45) is 1.59. The maximum atomic E-state index is 12.4. The molecule has 0 heterocycles. The van der Waals surface area contributed by atoms with Gasteiger partial charge in [0, 0.05) is 16.6 Å². The van der Waals surface area contributed by atoms with Gasteiger partial charge in [-0.15, -0.1) is 0 Å². The van der Waals surface area contributed by atoms with Gasteiger partial charge in [-0.3, -0.25) is 9.59 Å². The molecule has 0 spiro atoms. The summed E-state index contributed by atoms with van der Waals surface area (Å²) in [4.78, 5) is 24.6. The molecule has 5 nitrogen and oxygen atoms in total. The summed E-state index contributed by atoms with van der Waals surface area (Å²) >= 11 is 3.31. The molecular formula is C18H17BrN2O3. The van der Waals surface area contributed by atoms with Crippen molar-refractivity contribution in [3.8, 4) is 0 Å². The van der Waals surface area contributed by atoms with Crippen LogP contribution < -0.4 is 10.6 Å². The van der Waals surface area contributed by atoms with Crippen LogP contribution in [-0.4, -0.2) is 30.1 Å². The fourth-order valence-corrected chi connectivity index (χ4v) is 2.36. The molecule has 124 valence electrons. The van der Waals surface area contributed by atoms with Crippen molar-refractivity contribution in [3.63, 3.8) is 0 Å². The molecule has 0 aliphatic heterocycles. The average molecular weight is 389 g/mol. The molecule has 0 bridgehead atoms. The van der Waals surface area contributed by atoms with Crippen LogP contribution in [0.15, 0.2) is 64.8 Å². The molecule has 24 heavy (non-hydrogen) atoms. The molecule has 2 amide bonds. The van der Waals surface area contributed by atoms with Crippen LogP contribution in [0.1, 0.15) is 15.9 Å². The van der Waals surface area contributed by atoms with Crippen LogP contribution in [0.2, 0.25) is 0 Å². The van der Waals surface area contributed by atoms with E-state index in [2.05, 4.69) is 26.6 Å². The summed E-state index contributed by atoms with van der Waals surface area (Å²) in [5.41, 5.74) is 1.32. The highest BCUT2D eigenvalue weighted by atomic mass is 79.9. The molecule has 0 unspecified atom stereocenters. The van der Waals surface area contributed by atoms with Crippen LogP contribution in [0.3, 0.4) is 0 Å². The van der Waals surface area contributed by atoms with Gasteiger partial charge in [-0.1, -0.05) is 52.3 Å².